The van der Waals surface area contributed by atoms with Crippen LogP contribution in [0.1, 0.15) is 18.1 Å². The van der Waals surface area contributed by atoms with Gasteiger partial charge in [0, 0.05) is 13.5 Å². The van der Waals surface area contributed by atoms with Crippen molar-refractivity contribution >= 4 is 23.2 Å². The van der Waals surface area contributed by atoms with Gasteiger partial charge in [-0.15, -0.1) is 0 Å². The Morgan fingerprint density at radius 2 is 2.21 bits per heavy atom. The van der Waals surface area contributed by atoms with Crippen molar-refractivity contribution in [2.24, 2.45) is 0 Å². The summed E-state index contributed by atoms with van der Waals surface area (Å²) in [5.74, 6) is 0.0660. The Labute approximate surface area is 88.5 Å². The molecule has 0 aromatic heterocycles. The lowest BCUT2D eigenvalue weighted by atomic mass is 10.1. The van der Waals surface area contributed by atoms with Crippen LogP contribution >= 0.6 is 11.6 Å². The van der Waals surface area contributed by atoms with Gasteiger partial charge in [0.15, 0.2) is 0 Å². The van der Waals surface area contributed by atoms with Gasteiger partial charge in [-0.2, -0.15) is 0 Å². The number of nitrogens with zero attached hydrogens (tertiary/aromatic N) is 1. The van der Waals surface area contributed by atoms with Gasteiger partial charge in [0.05, 0.1) is 10.7 Å². The number of halogens is 1. The van der Waals surface area contributed by atoms with Crippen molar-refractivity contribution < 1.29 is 4.79 Å². The zero-order valence-electron chi connectivity index (χ0n) is 8.30. The number of aryl methyl sites for hydroxylation is 1. The van der Waals surface area contributed by atoms with Crippen LogP contribution in [0.2, 0.25) is 5.02 Å². The Bertz CT molecular complexity index is 401. The molecule has 1 amide bonds. The number of anilines is 1. The lowest BCUT2D eigenvalue weighted by Crippen LogP contribution is -2.25. The van der Waals surface area contributed by atoms with Gasteiger partial charge in [-0.3, -0.25) is 4.79 Å². The quantitative estimate of drug-likeness (QED) is 0.643. The van der Waals surface area contributed by atoms with Crippen molar-refractivity contribution in [3.05, 3.63) is 28.3 Å². The van der Waals surface area contributed by atoms with Crippen LogP contribution in [0.4, 0.5) is 5.69 Å². The summed E-state index contributed by atoms with van der Waals surface area (Å²) in [6.45, 7) is 4.39. The average molecular weight is 210 g/mol. The van der Waals surface area contributed by atoms with Gasteiger partial charge in [-0.1, -0.05) is 17.7 Å². The molecule has 0 N–H and O–H groups in total. The molecule has 0 fully saturated rings. The number of carbonyl (C=O) groups is 1. The Hall–Kier alpha value is -1.02. The topological polar surface area (TPSA) is 20.3 Å². The predicted octanol–water partition coefficient (Wildman–Crippen LogP) is 2.56. The van der Waals surface area contributed by atoms with E-state index >= 15 is 0 Å². The highest BCUT2D eigenvalue weighted by Crippen LogP contribution is 2.37. The largest absolute Gasteiger partial charge is 0.311 e. The molecule has 0 spiro atoms. The van der Waals surface area contributed by atoms with E-state index in [0.717, 1.165) is 18.7 Å². The lowest BCUT2D eigenvalue weighted by Gasteiger charge is -2.16. The van der Waals surface area contributed by atoms with Crippen molar-refractivity contribution in [3.8, 4) is 0 Å². The van der Waals surface area contributed by atoms with E-state index in [4.69, 9.17) is 11.6 Å². The highest BCUT2D eigenvalue weighted by molar-refractivity contribution is 6.34. The van der Waals surface area contributed by atoms with E-state index in [1.54, 1.807) is 11.8 Å². The fourth-order valence-corrected chi connectivity index (χ4v) is 2.25. The molecule has 2 rings (SSSR count). The maximum atomic E-state index is 11.3. The first-order valence-electron chi connectivity index (χ1n) is 4.67. The summed E-state index contributed by atoms with van der Waals surface area (Å²) < 4.78 is 0. The Morgan fingerprint density at radius 3 is 2.86 bits per heavy atom. The zero-order valence-corrected chi connectivity index (χ0v) is 9.06. The van der Waals surface area contributed by atoms with Crippen LogP contribution in [-0.2, 0) is 11.2 Å². The molecule has 2 nitrogen and oxygen atoms in total. The fraction of sp³-hybridized carbons (Fsp3) is 0.364. The van der Waals surface area contributed by atoms with Crippen LogP contribution < -0.4 is 4.90 Å². The Morgan fingerprint density at radius 1 is 1.50 bits per heavy atom. The van der Waals surface area contributed by atoms with E-state index in [2.05, 4.69) is 6.92 Å². The summed E-state index contributed by atoms with van der Waals surface area (Å²) >= 11 is 6.09. The van der Waals surface area contributed by atoms with Crippen LogP contribution in [0.5, 0.6) is 0 Å². The number of rotatable bonds is 0. The van der Waals surface area contributed by atoms with Gasteiger partial charge >= 0.3 is 0 Å². The zero-order chi connectivity index (χ0) is 10.3. The van der Waals surface area contributed by atoms with Crippen molar-refractivity contribution in [2.75, 3.05) is 11.4 Å². The highest BCUT2D eigenvalue weighted by atomic mass is 35.5. The molecule has 0 bridgehead atoms. The molecule has 1 aliphatic heterocycles. The first-order valence-corrected chi connectivity index (χ1v) is 5.05. The van der Waals surface area contributed by atoms with Gasteiger partial charge in [0.1, 0.15) is 0 Å². The normalized spacial score (nSPS) is 14.4. The number of benzene rings is 1. The third-order valence-corrected chi connectivity index (χ3v) is 3.01. The molecule has 0 saturated carbocycles. The van der Waals surface area contributed by atoms with E-state index in [-0.39, 0.29) is 5.91 Å². The summed E-state index contributed by atoms with van der Waals surface area (Å²) in [6.07, 6.45) is 0.918. The standard InChI is InChI=1S/C11H12ClNO/c1-7-3-4-10(12)11-9(7)5-6-13(11)8(2)14/h3-4H,5-6H2,1-2H3. The number of hydrogen-bond donors (Lipinski definition) is 0. The average Bonchev–Trinajstić information content (AvgIpc) is 2.56. The minimum absolute atomic E-state index is 0.0660. The molecule has 1 aromatic rings. The number of fused-ring (bicyclic) bond motifs is 1. The molecule has 0 radical (unpaired) electrons. The maximum absolute atomic E-state index is 11.3. The predicted molar refractivity (Wildman–Crippen MR) is 57.9 cm³/mol. The van der Waals surface area contributed by atoms with Gasteiger partial charge in [0.2, 0.25) is 5.91 Å². The number of amides is 1. The molecule has 0 atom stereocenters. The molecule has 1 aliphatic rings. The molecule has 0 saturated heterocycles. The molecule has 0 unspecified atom stereocenters. The van der Waals surface area contributed by atoms with Crippen molar-refractivity contribution in [2.45, 2.75) is 20.3 Å². The smallest absolute Gasteiger partial charge is 0.223 e. The van der Waals surface area contributed by atoms with Crippen LogP contribution in [0, 0.1) is 6.92 Å². The minimum Gasteiger partial charge on any atom is -0.311 e. The van der Waals surface area contributed by atoms with Gasteiger partial charge in [0.25, 0.3) is 0 Å². The van der Waals surface area contributed by atoms with Crippen LogP contribution in [0.25, 0.3) is 0 Å². The molecule has 14 heavy (non-hydrogen) atoms. The fourth-order valence-electron chi connectivity index (χ4n) is 1.97. The molecule has 3 heteroatoms. The summed E-state index contributed by atoms with van der Waals surface area (Å²) in [6, 6.07) is 3.86. The third-order valence-electron chi connectivity index (χ3n) is 2.70. The summed E-state index contributed by atoms with van der Waals surface area (Å²) in [4.78, 5) is 13.1. The molecule has 1 heterocycles. The van der Waals surface area contributed by atoms with E-state index in [1.165, 1.54) is 11.1 Å². The first kappa shape index (κ1) is 9.53. The second kappa shape index (κ2) is 3.28. The number of hydrogen-bond acceptors (Lipinski definition) is 1. The van der Waals surface area contributed by atoms with Crippen LogP contribution in [0.3, 0.4) is 0 Å². The molecule has 1 aromatic carbocycles. The van der Waals surface area contributed by atoms with E-state index in [9.17, 15) is 4.79 Å². The third kappa shape index (κ3) is 1.30. The Balaban J connectivity index is 2.58. The second-order valence-electron chi connectivity index (χ2n) is 3.61. The molecule has 74 valence electrons. The van der Waals surface area contributed by atoms with Crippen LogP contribution in [0.15, 0.2) is 12.1 Å². The van der Waals surface area contributed by atoms with Crippen LogP contribution in [-0.4, -0.2) is 12.5 Å². The van der Waals surface area contributed by atoms with E-state index in [0.29, 0.717) is 5.02 Å². The summed E-state index contributed by atoms with van der Waals surface area (Å²) in [5, 5.41) is 0.679. The summed E-state index contributed by atoms with van der Waals surface area (Å²) in [7, 11) is 0. The van der Waals surface area contributed by atoms with Gasteiger partial charge in [-0.25, -0.2) is 0 Å². The first-order chi connectivity index (χ1) is 6.61. The maximum Gasteiger partial charge on any atom is 0.223 e. The molecular weight excluding hydrogens is 198 g/mol. The second-order valence-corrected chi connectivity index (χ2v) is 4.02. The van der Waals surface area contributed by atoms with E-state index < -0.39 is 0 Å². The van der Waals surface area contributed by atoms with Crippen molar-refractivity contribution in [3.63, 3.8) is 0 Å². The van der Waals surface area contributed by atoms with Gasteiger partial charge in [-0.05, 0) is 30.5 Å². The molecule has 0 aliphatic carbocycles. The minimum atomic E-state index is 0.0660. The van der Waals surface area contributed by atoms with Crippen molar-refractivity contribution in [1.29, 1.82) is 0 Å². The van der Waals surface area contributed by atoms with Gasteiger partial charge < -0.3 is 4.90 Å². The number of carbonyl (C=O) groups excluding carboxylic acids is 1. The lowest BCUT2D eigenvalue weighted by molar-refractivity contribution is -0.116. The highest BCUT2D eigenvalue weighted by Gasteiger charge is 2.25. The molecular formula is C11H12ClNO. The monoisotopic (exact) mass is 209 g/mol. The Kier molecular flexibility index (Phi) is 2.23. The SMILES string of the molecule is CC(=O)N1CCc2c(C)ccc(Cl)c21. The van der Waals surface area contributed by atoms with Crippen molar-refractivity contribution in [1.82, 2.24) is 0 Å². The summed E-state index contributed by atoms with van der Waals surface area (Å²) in [5.41, 5.74) is 3.35. The van der Waals surface area contributed by atoms with E-state index in [1.807, 2.05) is 12.1 Å².